The third-order valence-corrected chi connectivity index (χ3v) is 3.22. The Hall–Kier alpha value is -1.16. The van der Waals surface area contributed by atoms with Crippen LogP contribution in [0.2, 0.25) is 0 Å². The van der Waals surface area contributed by atoms with Gasteiger partial charge in [0.05, 0.1) is 6.04 Å². The van der Waals surface area contributed by atoms with Crippen LogP contribution < -0.4 is 5.32 Å². The summed E-state index contributed by atoms with van der Waals surface area (Å²) in [7, 11) is 0. The van der Waals surface area contributed by atoms with E-state index < -0.39 is 0 Å². The van der Waals surface area contributed by atoms with Crippen LogP contribution in [0.25, 0.3) is 0 Å². The second-order valence-electron chi connectivity index (χ2n) is 3.53. The molecule has 80 valence electrons. The molecular formula is C11H13NO2S. The summed E-state index contributed by atoms with van der Waals surface area (Å²) in [5.74, 6) is 0. The topological polar surface area (TPSA) is 38.3 Å². The summed E-state index contributed by atoms with van der Waals surface area (Å²) < 4.78 is 5.18. The highest BCUT2D eigenvalue weighted by Gasteiger charge is 2.31. The third-order valence-electron chi connectivity index (χ3n) is 2.48. The number of carbonyl (C=O) groups excluding carboxylic acids is 1. The molecule has 4 heteroatoms. The standard InChI is InChI=1S/C11H13NO2S/c1-7-10(14-11(13)12-7)8-3-5-9(15-2)6-4-8/h3-7,10H,1-2H3,(H,12,13)/t7-,10+/m0/s1. The lowest BCUT2D eigenvalue weighted by atomic mass is 10.0. The minimum atomic E-state index is -0.332. The van der Waals surface area contributed by atoms with Gasteiger partial charge in [0.25, 0.3) is 0 Å². The van der Waals surface area contributed by atoms with Gasteiger partial charge in [-0.3, -0.25) is 0 Å². The predicted molar refractivity (Wildman–Crippen MR) is 60.0 cm³/mol. The van der Waals surface area contributed by atoms with Crippen LogP contribution in [0.5, 0.6) is 0 Å². The maximum atomic E-state index is 11.0. The summed E-state index contributed by atoms with van der Waals surface area (Å²) >= 11 is 1.70. The van der Waals surface area contributed by atoms with E-state index >= 15 is 0 Å². The molecule has 1 fully saturated rings. The average Bonchev–Trinajstić information content (AvgIpc) is 2.58. The molecule has 0 aromatic heterocycles. The molecule has 2 rings (SSSR count). The SMILES string of the molecule is CSc1ccc([C@@H]2OC(=O)N[C@H]2C)cc1. The highest BCUT2D eigenvalue weighted by molar-refractivity contribution is 7.98. The number of cyclic esters (lactones) is 1. The van der Waals surface area contributed by atoms with Crippen molar-refractivity contribution in [2.75, 3.05) is 6.26 Å². The fourth-order valence-electron chi connectivity index (χ4n) is 1.66. The Morgan fingerprint density at radius 1 is 1.33 bits per heavy atom. The van der Waals surface area contributed by atoms with Crippen molar-refractivity contribution in [1.82, 2.24) is 5.32 Å². The van der Waals surface area contributed by atoms with E-state index in [1.165, 1.54) is 4.90 Å². The molecule has 1 N–H and O–H groups in total. The van der Waals surface area contributed by atoms with Gasteiger partial charge < -0.3 is 10.1 Å². The Balaban J connectivity index is 2.19. The van der Waals surface area contributed by atoms with Crippen LogP contribution in [0, 0.1) is 0 Å². The van der Waals surface area contributed by atoms with Gasteiger partial charge in [-0.15, -0.1) is 11.8 Å². The molecule has 1 heterocycles. The molecule has 1 aliphatic rings. The first-order valence-electron chi connectivity index (χ1n) is 4.82. The molecule has 3 nitrogen and oxygen atoms in total. The van der Waals surface area contributed by atoms with Crippen molar-refractivity contribution < 1.29 is 9.53 Å². The van der Waals surface area contributed by atoms with Crippen molar-refractivity contribution in [1.29, 1.82) is 0 Å². The van der Waals surface area contributed by atoms with Crippen molar-refractivity contribution in [2.24, 2.45) is 0 Å². The Bertz CT molecular complexity index is 363. The van der Waals surface area contributed by atoms with Gasteiger partial charge in [0.1, 0.15) is 6.10 Å². The number of rotatable bonds is 2. The fraction of sp³-hybridized carbons (Fsp3) is 0.364. The van der Waals surface area contributed by atoms with Crippen LogP contribution in [0.15, 0.2) is 29.2 Å². The number of hydrogen-bond acceptors (Lipinski definition) is 3. The number of alkyl carbamates (subject to hydrolysis) is 1. The Labute approximate surface area is 93.2 Å². The average molecular weight is 223 g/mol. The predicted octanol–water partition coefficient (Wildman–Crippen LogP) is 2.58. The van der Waals surface area contributed by atoms with Gasteiger partial charge in [-0.25, -0.2) is 4.79 Å². The lowest BCUT2D eigenvalue weighted by Gasteiger charge is -2.13. The van der Waals surface area contributed by atoms with Crippen LogP contribution in [0.1, 0.15) is 18.6 Å². The molecule has 0 spiro atoms. The zero-order chi connectivity index (χ0) is 10.8. The van der Waals surface area contributed by atoms with Crippen molar-refractivity contribution in [3.63, 3.8) is 0 Å². The molecule has 1 aromatic carbocycles. The molecule has 1 amide bonds. The number of amides is 1. The summed E-state index contributed by atoms with van der Waals surface area (Å²) in [4.78, 5) is 12.2. The van der Waals surface area contributed by atoms with E-state index in [0.29, 0.717) is 0 Å². The fourth-order valence-corrected chi connectivity index (χ4v) is 2.07. The molecule has 1 aliphatic heterocycles. The first-order chi connectivity index (χ1) is 7.20. The van der Waals surface area contributed by atoms with E-state index in [9.17, 15) is 4.79 Å². The number of ether oxygens (including phenoxy) is 1. The zero-order valence-corrected chi connectivity index (χ0v) is 9.51. The van der Waals surface area contributed by atoms with Crippen LogP contribution in [0.4, 0.5) is 4.79 Å². The largest absolute Gasteiger partial charge is 0.439 e. The number of carbonyl (C=O) groups is 1. The van der Waals surface area contributed by atoms with E-state index in [0.717, 1.165) is 5.56 Å². The lowest BCUT2D eigenvalue weighted by molar-refractivity contribution is 0.134. The maximum Gasteiger partial charge on any atom is 0.408 e. The van der Waals surface area contributed by atoms with Gasteiger partial charge in [-0.1, -0.05) is 12.1 Å². The van der Waals surface area contributed by atoms with E-state index in [2.05, 4.69) is 5.32 Å². The van der Waals surface area contributed by atoms with Crippen molar-refractivity contribution in [3.05, 3.63) is 29.8 Å². The summed E-state index contributed by atoms with van der Waals surface area (Å²) in [6, 6.07) is 8.14. The third kappa shape index (κ3) is 2.09. The van der Waals surface area contributed by atoms with Gasteiger partial charge in [0, 0.05) is 4.90 Å². The number of thioether (sulfide) groups is 1. The van der Waals surface area contributed by atoms with Crippen molar-refractivity contribution in [2.45, 2.75) is 24.0 Å². The van der Waals surface area contributed by atoms with Gasteiger partial charge in [-0.2, -0.15) is 0 Å². The van der Waals surface area contributed by atoms with Crippen LogP contribution in [0.3, 0.4) is 0 Å². The summed E-state index contributed by atoms with van der Waals surface area (Å²) in [5.41, 5.74) is 1.04. The molecular weight excluding hydrogens is 210 g/mol. The molecule has 1 aromatic rings. The first-order valence-corrected chi connectivity index (χ1v) is 6.04. The lowest BCUT2D eigenvalue weighted by Crippen LogP contribution is -2.23. The molecule has 0 saturated carbocycles. The van der Waals surface area contributed by atoms with E-state index in [-0.39, 0.29) is 18.2 Å². The number of nitrogens with one attached hydrogen (secondary N) is 1. The highest BCUT2D eigenvalue weighted by Crippen LogP contribution is 2.27. The molecule has 2 atom stereocenters. The van der Waals surface area contributed by atoms with Crippen LogP contribution in [-0.2, 0) is 4.74 Å². The first kappa shape index (κ1) is 10.4. The zero-order valence-electron chi connectivity index (χ0n) is 8.69. The number of benzene rings is 1. The molecule has 0 aliphatic carbocycles. The Kier molecular flexibility index (Phi) is 2.86. The minimum Gasteiger partial charge on any atom is -0.439 e. The second-order valence-corrected chi connectivity index (χ2v) is 4.41. The van der Waals surface area contributed by atoms with E-state index in [1.54, 1.807) is 11.8 Å². The van der Waals surface area contributed by atoms with Crippen LogP contribution in [-0.4, -0.2) is 18.4 Å². The second kappa shape index (κ2) is 4.14. The minimum absolute atomic E-state index is 0.0395. The van der Waals surface area contributed by atoms with Crippen LogP contribution >= 0.6 is 11.8 Å². The summed E-state index contributed by atoms with van der Waals surface area (Å²) in [6.45, 7) is 1.94. The Morgan fingerprint density at radius 3 is 2.47 bits per heavy atom. The maximum absolute atomic E-state index is 11.0. The van der Waals surface area contributed by atoms with Crippen molar-refractivity contribution >= 4 is 17.9 Å². The van der Waals surface area contributed by atoms with Gasteiger partial charge in [0.2, 0.25) is 0 Å². The molecule has 1 saturated heterocycles. The van der Waals surface area contributed by atoms with Gasteiger partial charge >= 0.3 is 6.09 Å². The molecule has 0 unspecified atom stereocenters. The quantitative estimate of drug-likeness (QED) is 0.783. The van der Waals surface area contributed by atoms with E-state index in [4.69, 9.17) is 4.74 Å². The monoisotopic (exact) mass is 223 g/mol. The summed E-state index contributed by atoms with van der Waals surface area (Å²) in [6.07, 6.45) is 1.55. The highest BCUT2D eigenvalue weighted by atomic mass is 32.2. The van der Waals surface area contributed by atoms with Gasteiger partial charge in [-0.05, 0) is 30.9 Å². The number of hydrogen-bond donors (Lipinski definition) is 1. The molecule has 15 heavy (non-hydrogen) atoms. The van der Waals surface area contributed by atoms with E-state index in [1.807, 2.05) is 37.4 Å². The smallest absolute Gasteiger partial charge is 0.408 e. The van der Waals surface area contributed by atoms with Crippen molar-refractivity contribution in [3.8, 4) is 0 Å². The molecule has 0 bridgehead atoms. The molecule has 0 radical (unpaired) electrons. The summed E-state index contributed by atoms with van der Waals surface area (Å²) in [5, 5.41) is 2.73. The Morgan fingerprint density at radius 2 is 2.00 bits per heavy atom. The van der Waals surface area contributed by atoms with Gasteiger partial charge in [0.15, 0.2) is 0 Å². The normalized spacial score (nSPS) is 24.8.